The lowest BCUT2D eigenvalue weighted by Gasteiger charge is -2.30. The highest BCUT2D eigenvalue weighted by molar-refractivity contribution is 5.78. The Morgan fingerprint density at radius 1 is 1.53 bits per heavy atom. The second-order valence-electron chi connectivity index (χ2n) is 4.66. The number of aromatic nitrogens is 2. The van der Waals surface area contributed by atoms with Gasteiger partial charge >= 0.3 is 0 Å². The lowest BCUT2D eigenvalue weighted by Crippen LogP contribution is -2.44. The number of nitrogens with zero attached hydrogens (tertiary/aromatic N) is 1. The van der Waals surface area contributed by atoms with Crippen LogP contribution in [-0.4, -0.2) is 33.9 Å². The SMILES string of the molecule is O=C(Cc1ccn[nH]1)NC1CCCCC1CO. The Bertz CT molecular complexity index is 351. The van der Waals surface area contributed by atoms with E-state index in [0.29, 0.717) is 6.42 Å². The summed E-state index contributed by atoms with van der Waals surface area (Å²) in [6, 6.07) is 1.92. The highest BCUT2D eigenvalue weighted by Gasteiger charge is 2.25. The van der Waals surface area contributed by atoms with E-state index in [1.165, 1.54) is 0 Å². The monoisotopic (exact) mass is 237 g/mol. The maximum Gasteiger partial charge on any atom is 0.226 e. The van der Waals surface area contributed by atoms with Crippen LogP contribution < -0.4 is 5.32 Å². The van der Waals surface area contributed by atoms with Crippen LogP contribution in [0.5, 0.6) is 0 Å². The Morgan fingerprint density at radius 2 is 2.35 bits per heavy atom. The topological polar surface area (TPSA) is 78.0 Å². The van der Waals surface area contributed by atoms with Gasteiger partial charge in [-0.3, -0.25) is 9.89 Å². The van der Waals surface area contributed by atoms with Gasteiger partial charge in [0.2, 0.25) is 5.91 Å². The molecule has 1 fully saturated rings. The number of hydrogen-bond acceptors (Lipinski definition) is 3. The second kappa shape index (κ2) is 5.82. The molecule has 1 aromatic rings. The molecule has 1 heterocycles. The van der Waals surface area contributed by atoms with Crippen LogP contribution in [0.25, 0.3) is 0 Å². The summed E-state index contributed by atoms with van der Waals surface area (Å²) in [6.07, 6.45) is 6.23. The first-order valence-electron chi connectivity index (χ1n) is 6.18. The summed E-state index contributed by atoms with van der Waals surface area (Å²) in [5, 5.41) is 18.9. The summed E-state index contributed by atoms with van der Waals surface area (Å²) in [7, 11) is 0. The van der Waals surface area contributed by atoms with Crippen LogP contribution in [0.3, 0.4) is 0 Å². The molecule has 1 saturated carbocycles. The summed E-state index contributed by atoms with van der Waals surface area (Å²) >= 11 is 0. The van der Waals surface area contributed by atoms with Crippen molar-refractivity contribution < 1.29 is 9.90 Å². The predicted octanol–water partition coefficient (Wildman–Crippen LogP) is 0.619. The van der Waals surface area contributed by atoms with Crippen molar-refractivity contribution in [1.29, 1.82) is 0 Å². The minimum atomic E-state index is -0.000370. The van der Waals surface area contributed by atoms with Gasteiger partial charge in [-0.2, -0.15) is 5.10 Å². The largest absolute Gasteiger partial charge is 0.396 e. The molecule has 0 radical (unpaired) electrons. The molecule has 0 aromatic carbocycles. The zero-order valence-electron chi connectivity index (χ0n) is 9.85. The molecule has 3 N–H and O–H groups in total. The van der Waals surface area contributed by atoms with Crippen LogP contribution in [0, 0.1) is 5.92 Å². The number of aliphatic hydroxyl groups excluding tert-OH is 1. The first-order chi connectivity index (χ1) is 8.29. The van der Waals surface area contributed by atoms with E-state index >= 15 is 0 Å². The van der Waals surface area contributed by atoms with E-state index in [9.17, 15) is 9.90 Å². The first kappa shape index (κ1) is 12.1. The summed E-state index contributed by atoms with van der Waals surface area (Å²) in [5.74, 6) is 0.217. The fraction of sp³-hybridized carbons (Fsp3) is 0.667. The predicted molar refractivity (Wildman–Crippen MR) is 63.3 cm³/mol. The van der Waals surface area contributed by atoms with Gasteiger partial charge in [0.1, 0.15) is 0 Å². The molecule has 2 rings (SSSR count). The van der Waals surface area contributed by atoms with E-state index in [-0.39, 0.29) is 24.5 Å². The van der Waals surface area contributed by atoms with Crippen LogP contribution in [0.4, 0.5) is 0 Å². The third kappa shape index (κ3) is 3.30. The van der Waals surface area contributed by atoms with Gasteiger partial charge in [0.05, 0.1) is 6.42 Å². The number of hydrogen-bond donors (Lipinski definition) is 3. The molecule has 2 atom stereocenters. The van der Waals surface area contributed by atoms with Crippen LogP contribution in [0.15, 0.2) is 12.3 Å². The third-order valence-corrected chi connectivity index (χ3v) is 3.40. The number of carbonyl (C=O) groups excluding carboxylic acids is 1. The number of nitrogens with one attached hydrogen (secondary N) is 2. The maximum absolute atomic E-state index is 11.8. The summed E-state index contributed by atoms with van der Waals surface area (Å²) in [4.78, 5) is 11.8. The Balaban J connectivity index is 1.84. The fourth-order valence-corrected chi connectivity index (χ4v) is 2.43. The number of aliphatic hydroxyl groups is 1. The lowest BCUT2D eigenvalue weighted by molar-refractivity contribution is -0.121. The highest BCUT2D eigenvalue weighted by atomic mass is 16.3. The molecule has 0 bridgehead atoms. The zero-order valence-corrected chi connectivity index (χ0v) is 9.85. The molecule has 0 aliphatic heterocycles. The molecule has 94 valence electrons. The molecule has 5 nitrogen and oxygen atoms in total. The van der Waals surface area contributed by atoms with E-state index in [2.05, 4.69) is 15.5 Å². The summed E-state index contributed by atoms with van der Waals surface area (Å²) in [5.41, 5.74) is 0.818. The second-order valence-corrected chi connectivity index (χ2v) is 4.66. The van der Waals surface area contributed by atoms with Crippen molar-refractivity contribution in [3.63, 3.8) is 0 Å². The van der Waals surface area contributed by atoms with Gasteiger partial charge in [0.25, 0.3) is 0 Å². The molecule has 0 spiro atoms. The quantitative estimate of drug-likeness (QED) is 0.718. The van der Waals surface area contributed by atoms with Crippen molar-refractivity contribution in [2.24, 2.45) is 5.92 Å². The number of carbonyl (C=O) groups is 1. The smallest absolute Gasteiger partial charge is 0.226 e. The van der Waals surface area contributed by atoms with Crippen LogP contribution in [-0.2, 0) is 11.2 Å². The van der Waals surface area contributed by atoms with Gasteiger partial charge in [-0.05, 0) is 18.9 Å². The van der Waals surface area contributed by atoms with Crippen LogP contribution >= 0.6 is 0 Å². The van der Waals surface area contributed by atoms with Crippen molar-refractivity contribution in [2.75, 3.05) is 6.61 Å². The van der Waals surface area contributed by atoms with Crippen molar-refractivity contribution in [2.45, 2.75) is 38.1 Å². The molecule has 1 aliphatic carbocycles. The molecule has 1 aliphatic rings. The molecular formula is C12H19N3O2. The van der Waals surface area contributed by atoms with Crippen molar-refractivity contribution in [1.82, 2.24) is 15.5 Å². The third-order valence-electron chi connectivity index (χ3n) is 3.40. The minimum absolute atomic E-state index is 0.000370. The average Bonchev–Trinajstić information content (AvgIpc) is 2.82. The van der Waals surface area contributed by atoms with E-state index in [1.54, 1.807) is 12.3 Å². The van der Waals surface area contributed by atoms with Gasteiger partial charge in [0.15, 0.2) is 0 Å². The van der Waals surface area contributed by atoms with Gasteiger partial charge in [-0.1, -0.05) is 12.8 Å². The summed E-state index contributed by atoms with van der Waals surface area (Å²) in [6.45, 7) is 0.162. The number of rotatable bonds is 4. The Labute approximate surface area is 101 Å². The molecule has 0 saturated heterocycles. The Morgan fingerprint density at radius 3 is 3.06 bits per heavy atom. The van der Waals surface area contributed by atoms with E-state index < -0.39 is 0 Å². The molecule has 1 amide bonds. The van der Waals surface area contributed by atoms with Crippen LogP contribution in [0.2, 0.25) is 0 Å². The van der Waals surface area contributed by atoms with E-state index in [0.717, 1.165) is 31.4 Å². The molecule has 1 aromatic heterocycles. The molecule has 2 unspecified atom stereocenters. The minimum Gasteiger partial charge on any atom is -0.396 e. The van der Waals surface area contributed by atoms with Gasteiger partial charge in [-0.25, -0.2) is 0 Å². The zero-order chi connectivity index (χ0) is 12.1. The van der Waals surface area contributed by atoms with Crippen molar-refractivity contribution >= 4 is 5.91 Å². The maximum atomic E-state index is 11.8. The standard InChI is InChI=1S/C12H19N3O2/c16-8-9-3-1-2-4-11(9)14-12(17)7-10-5-6-13-15-10/h5-6,9,11,16H,1-4,7-8H2,(H,13,15)(H,14,17). The number of H-pyrrole nitrogens is 1. The van der Waals surface area contributed by atoms with Crippen LogP contribution in [0.1, 0.15) is 31.4 Å². The molecule has 17 heavy (non-hydrogen) atoms. The van der Waals surface area contributed by atoms with Gasteiger partial charge in [-0.15, -0.1) is 0 Å². The highest BCUT2D eigenvalue weighted by Crippen LogP contribution is 2.23. The number of amides is 1. The number of aromatic amines is 1. The van der Waals surface area contributed by atoms with Gasteiger partial charge in [0, 0.05) is 30.5 Å². The van der Waals surface area contributed by atoms with Crippen molar-refractivity contribution in [3.05, 3.63) is 18.0 Å². The van der Waals surface area contributed by atoms with Gasteiger partial charge < -0.3 is 10.4 Å². The average molecular weight is 237 g/mol. The fourth-order valence-electron chi connectivity index (χ4n) is 2.43. The van der Waals surface area contributed by atoms with E-state index in [4.69, 9.17) is 0 Å². The first-order valence-corrected chi connectivity index (χ1v) is 6.18. The van der Waals surface area contributed by atoms with E-state index in [1.807, 2.05) is 0 Å². The summed E-state index contributed by atoms with van der Waals surface area (Å²) < 4.78 is 0. The lowest BCUT2D eigenvalue weighted by atomic mass is 9.85. The molecular weight excluding hydrogens is 218 g/mol. The Kier molecular flexibility index (Phi) is 4.14. The van der Waals surface area contributed by atoms with Crippen molar-refractivity contribution in [3.8, 4) is 0 Å². The normalized spacial score (nSPS) is 24.5. The molecule has 5 heteroatoms. The Hall–Kier alpha value is -1.36.